The van der Waals surface area contributed by atoms with Gasteiger partial charge in [-0.3, -0.25) is 4.79 Å². The molecule has 0 aromatic heterocycles. The molecular formula is C17H14ClF3O4S. The number of rotatable bonds is 5. The number of alkyl halides is 3. The largest absolute Gasteiger partial charge is 0.426 e. The summed E-state index contributed by atoms with van der Waals surface area (Å²) in [6, 6.07) is 9.04. The van der Waals surface area contributed by atoms with Crippen molar-refractivity contribution in [3.8, 4) is 5.75 Å². The number of esters is 1. The van der Waals surface area contributed by atoms with Crippen LogP contribution in [0.15, 0.2) is 53.4 Å². The Labute approximate surface area is 153 Å². The molecule has 26 heavy (non-hydrogen) atoms. The molecule has 0 bridgehead atoms. The van der Waals surface area contributed by atoms with Crippen molar-refractivity contribution >= 4 is 27.4 Å². The van der Waals surface area contributed by atoms with Crippen LogP contribution in [0.1, 0.15) is 18.9 Å². The molecule has 0 amide bonds. The molecule has 0 aliphatic heterocycles. The first-order valence-corrected chi connectivity index (χ1v) is 9.30. The zero-order valence-electron chi connectivity index (χ0n) is 13.5. The molecule has 2 rings (SSSR count). The van der Waals surface area contributed by atoms with Crippen LogP contribution in [0.4, 0.5) is 13.2 Å². The van der Waals surface area contributed by atoms with Crippen molar-refractivity contribution in [3.63, 3.8) is 0 Å². The lowest BCUT2D eigenvalue weighted by atomic mass is 10.2. The lowest BCUT2D eigenvalue weighted by Crippen LogP contribution is -2.24. The van der Waals surface area contributed by atoms with Gasteiger partial charge in [0.15, 0.2) is 9.84 Å². The van der Waals surface area contributed by atoms with E-state index < -0.39 is 39.2 Å². The second kappa shape index (κ2) is 7.67. The van der Waals surface area contributed by atoms with E-state index in [1.165, 1.54) is 31.2 Å². The van der Waals surface area contributed by atoms with Gasteiger partial charge in [0, 0.05) is 5.02 Å². The summed E-state index contributed by atoms with van der Waals surface area (Å²) in [4.78, 5) is 11.9. The van der Waals surface area contributed by atoms with Crippen molar-refractivity contribution in [1.29, 1.82) is 0 Å². The van der Waals surface area contributed by atoms with E-state index in [-0.39, 0.29) is 10.6 Å². The highest BCUT2D eigenvalue weighted by molar-refractivity contribution is 7.92. The van der Waals surface area contributed by atoms with Gasteiger partial charge in [-0.2, -0.15) is 13.2 Å². The third-order valence-electron chi connectivity index (χ3n) is 3.54. The van der Waals surface area contributed by atoms with Gasteiger partial charge in [-0.05, 0) is 55.5 Å². The van der Waals surface area contributed by atoms with E-state index in [0.29, 0.717) is 5.02 Å². The summed E-state index contributed by atoms with van der Waals surface area (Å²) in [5.74, 6) is -0.964. The third kappa shape index (κ3) is 4.98. The van der Waals surface area contributed by atoms with Crippen LogP contribution in [0.2, 0.25) is 5.02 Å². The van der Waals surface area contributed by atoms with Crippen molar-refractivity contribution < 1.29 is 31.1 Å². The predicted octanol–water partition coefficient (Wildman–Crippen LogP) is 4.52. The van der Waals surface area contributed by atoms with Gasteiger partial charge in [-0.25, -0.2) is 8.42 Å². The monoisotopic (exact) mass is 406 g/mol. The number of carbonyl (C=O) groups excluding carboxylic acids is 1. The predicted molar refractivity (Wildman–Crippen MR) is 89.8 cm³/mol. The summed E-state index contributed by atoms with van der Waals surface area (Å²) in [7, 11) is -3.78. The highest BCUT2D eigenvalue weighted by Gasteiger charge is 2.30. The average molecular weight is 407 g/mol. The first-order valence-electron chi connectivity index (χ1n) is 7.37. The van der Waals surface area contributed by atoms with E-state index >= 15 is 0 Å². The van der Waals surface area contributed by atoms with Crippen LogP contribution in [-0.4, -0.2) is 19.6 Å². The number of hydrogen-bond acceptors (Lipinski definition) is 4. The Morgan fingerprint density at radius 2 is 1.62 bits per heavy atom. The lowest BCUT2D eigenvalue weighted by molar-refractivity contribution is -0.137. The second-order valence-corrected chi connectivity index (χ2v) is 8.31. The molecule has 0 aliphatic carbocycles. The van der Waals surface area contributed by atoms with Gasteiger partial charge in [0.2, 0.25) is 0 Å². The van der Waals surface area contributed by atoms with Crippen LogP contribution in [0.25, 0.3) is 0 Å². The molecule has 0 unspecified atom stereocenters. The van der Waals surface area contributed by atoms with E-state index in [1.807, 2.05) is 0 Å². The summed E-state index contributed by atoms with van der Waals surface area (Å²) < 4.78 is 67.2. The number of halogens is 4. The summed E-state index contributed by atoms with van der Waals surface area (Å²) in [6.45, 7) is 1.35. The molecule has 2 aromatic rings. The van der Waals surface area contributed by atoms with Gasteiger partial charge in [0.25, 0.3) is 0 Å². The minimum absolute atomic E-state index is 0.0109. The smallest absolute Gasteiger partial charge is 0.416 e. The van der Waals surface area contributed by atoms with Crippen molar-refractivity contribution in [3.05, 3.63) is 59.1 Å². The number of benzene rings is 2. The zero-order chi connectivity index (χ0) is 19.5. The van der Waals surface area contributed by atoms with Gasteiger partial charge in [0.1, 0.15) is 5.75 Å². The van der Waals surface area contributed by atoms with Gasteiger partial charge >= 0.3 is 12.1 Å². The molecule has 0 aliphatic rings. The molecule has 9 heteroatoms. The summed E-state index contributed by atoms with van der Waals surface area (Å²) in [5, 5.41) is -0.705. The molecule has 140 valence electrons. The quantitative estimate of drug-likeness (QED) is 0.541. The first kappa shape index (κ1) is 20.3. The molecular weight excluding hydrogens is 393 g/mol. The Morgan fingerprint density at radius 3 is 2.12 bits per heavy atom. The average Bonchev–Trinajstić information content (AvgIpc) is 2.54. The Hall–Kier alpha value is -2.06. The highest BCUT2D eigenvalue weighted by atomic mass is 35.5. The number of carbonyl (C=O) groups is 1. The van der Waals surface area contributed by atoms with Gasteiger partial charge in [-0.15, -0.1) is 0 Å². The fraction of sp³-hybridized carbons (Fsp3) is 0.235. The van der Waals surface area contributed by atoms with E-state index in [2.05, 4.69) is 0 Å². The van der Waals surface area contributed by atoms with Crippen LogP contribution in [0.3, 0.4) is 0 Å². The maximum Gasteiger partial charge on any atom is 0.416 e. The standard InChI is InChI=1S/C17H14ClF3O4S/c1-11(26(23,24)15-8-4-13(18)5-9-15)10-16(22)25-14-6-2-12(3-7-14)17(19,20)21/h2-9,11H,10H2,1H3/t11-/m0/s1. The van der Waals surface area contributed by atoms with Crippen LogP contribution >= 0.6 is 11.6 Å². The van der Waals surface area contributed by atoms with Crippen LogP contribution < -0.4 is 4.74 Å². The molecule has 0 radical (unpaired) electrons. The summed E-state index contributed by atoms with van der Waals surface area (Å²) >= 11 is 5.72. The summed E-state index contributed by atoms with van der Waals surface area (Å²) in [6.07, 6.45) is -4.95. The number of sulfone groups is 1. The molecule has 0 spiro atoms. The Bertz CT molecular complexity index is 876. The second-order valence-electron chi connectivity index (χ2n) is 5.51. The minimum Gasteiger partial charge on any atom is -0.426 e. The molecule has 0 heterocycles. The van der Waals surface area contributed by atoms with E-state index in [4.69, 9.17) is 16.3 Å². The van der Waals surface area contributed by atoms with E-state index in [1.54, 1.807) is 0 Å². The Morgan fingerprint density at radius 1 is 1.08 bits per heavy atom. The fourth-order valence-corrected chi connectivity index (χ4v) is 3.55. The Kier molecular flexibility index (Phi) is 5.98. The molecule has 0 saturated carbocycles. The highest BCUT2D eigenvalue weighted by Crippen LogP contribution is 2.30. The molecule has 0 N–H and O–H groups in total. The maximum absolute atomic E-state index is 12.5. The third-order valence-corrected chi connectivity index (χ3v) is 5.95. The lowest BCUT2D eigenvalue weighted by Gasteiger charge is -2.13. The zero-order valence-corrected chi connectivity index (χ0v) is 15.0. The maximum atomic E-state index is 12.5. The number of hydrogen-bond donors (Lipinski definition) is 0. The topological polar surface area (TPSA) is 60.4 Å². The van der Waals surface area contributed by atoms with Gasteiger partial charge < -0.3 is 4.74 Å². The van der Waals surface area contributed by atoms with E-state index in [9.17, 15) is 26.4 Å². The van der Waals surface area contributed by atoms with Crippen molar-refractivity contribution in [1.82, 2.24) is 0 Å². The fourth-order valence-electron chi connectivity index (χ4n) is 2.09. The Balaban J connectivity index is 2.03. The normalized spacial score (nSPS) is 13.3. The van der Waals surface area contributed by atoms with Crippen molar-refractivity contribution in [2.75, 3.05) is 0 Å². The summed E-state index contributed by atoms with van der Waals surface area (Å²) in [5.41, 5.74) is -0.879. The van der Waals surface area contributed by atoms with Gasteiger partial charge in [0.05, 0.1) is 22.1 Å². The molecule has 4 nitrogen and oxygen atoms in total. The van der Waals surface area contributed by atoms with Crippen LogP contribution in [0.5, 0.6) is 5.75 Å². The van der Waals surface area contributed by atoms with Crippen molar-refractivity contribution in [2.45, 2.75) is 29.7 Å². The van der Waals surface area contributed by atoms with Crippen LogP contribution in [0, 0.1) is 0 Å². The SMILES string of the molecule is C[C@@H](CC(=O)Oc1ccc(C(F)(F)F)cc1)S(=O)(=O)c1ccc(Cl)cc1. The van der Waals surface area contributed by atoms with Gasteiger partial charge in [-0.1, -0.05) is 11.6 Å². The van der Waals surface area contributed by atoms with Crippen molar-refractivity contribution in [2.24, 2.45) is 0 Å². The first-order chi connectivity index (χ1) is 12.0. The molecule has 2 aromatic carbocycles. The molecule has 0 fully saturated rings. The van der Waals surface area contributed by atoms with E-state index in [0.717, 1.165) is 24.3 Å². The molecule has 1 atom stereocenters. The van der Waals surface area contributed by atoms with Crippen LogP contribution in [-0.2, 0) is 20.8 Å². The minimum atomic E-state index is -4.50. The molecule has 0 saturated heterocycles. The number of ether oxygens (including phenoxy) is 1.